The number of pyridine rings is 1. The average molecular weight is 373 g/mol. The van der Waals surface area contributed by atoms with Gasteiger partial charge in [-0.3, -0.25) is 19.5 Å². The number of aromatic hydroxyl groups is 1. The second-order valence-electron chi connectivity index (χ2n) is 6.28. The molecule has 1 atom stereocenters. The number of phenols is 1. The van der Waals surface area contributed by atoms with Gasteiger partial charge in [0.2, 0.25) is 0 Å². The molecule has 134 valence electrons. The number of aromatic nitrogens is 1. The zero-order chi connectivity index (χ0) is 19.0. The maximum atomic E-state index is 12.8. The molecule has 6 nitrogen and oxygen atoms in total. The van der Waals surface area contributed by atoms with Crippen LogP contribution < -0.4 is 4.90 Å². The molecule has 7 heteroatoms. The Labute approximate surface area is 155 Å². The fourth-order valence-electron chi connectivity index (χ4n) is 2.96. The lowest BCUT2D eigenvalue weighted by Crippen LogP contribution is -2.31. The van der Waals surface area contributed by atoms with Crippen LogP contribution in [0.15, 0.2) is 54.1 Å². The number of aliphatic hydroxyl groups is 1. The molecular formula is C19H17ClN2O4. The summed E-state index contributed by atoms with van der Waals surface area (Å²) in [5.41, 5.74) is 0.625. The monoisotopic (exact) mass is 372 g/mol. The highest BCUT2D eigenvalue weighted by molar-refractivity contribution is 6.31. The first-order valence-electron chi connectivity index (χ1n) is 8.02. The van der Waals surface area contributed by atoms with E-state index in [2.05, 4.69) is 4.98 Å². The predicted molar refractivity (Wildman–Crippen MR) is 97.1 cm³/mol. The lowest BCUT2D eigenvalue weighted by Gasteiger charge is -2.27. The highest BCUT2D eigenvalue weighted by atomic mass is 35.5. The van der Waals surface area contributed by atoms with E-state index in [1.165, 1.54) is 29.3 Å². The Morgan fingerprint density at radius 1 is 1.27 bits per heavy atom. The highest BCUT2D eigenvalue weighted by Gasteiger charge is 2.45. The Kier molecular flexibility index (Phi) is 4.70. The first kappa shape index (κ1) is 17.9. The molecule has 0 saturated heterocycles. The minimum absolute atomic E-state index is 0.0163. The topological polar surface area (TPSA) is 90.7 Å². The number of aliphatic hydroxyl groups excluding tert-OH is 1. The first-order valence-corrected chi connectivity index (χ1v) is 8.40. The van der Waals surface area contributed by atoms with Crippen LogP contribution in [-0.2, 0) is 9.59 Å². The standard InChI is InChI=1S/C19H17ClN2O4/c1-10(2)17(24)15-16(11-4-3-7-21-9-11)22(19(26)18(15)25)13-8-12(20)5-6-14(13)23/h3-10,16,23,25H,1-2H3. The van der Waals surface area contributed by atoms with Crippen LogP contribution in [0.5, 0.6) is 5.75 Å². The molecule has 2 N–H and O–H groups in total. The minimum Gasteiger partial charge on any atom is -0.506 e. The summed E-state index contributed by atoms with van der Waals surface area (Å²) in [6, 6.07) is 6.70. The molecule has 0 radical (unpaired) electrons. The summed E-state index contributed by atoms with van der Waals surface area (Å²) >= 11 is 6.02. The Balaban J connectivity index is 2.23. The smallest absolute Gasteiger partial charge is 0.294 e. The van der Waals surface area contributed by atoms with Crippen molar-refractivity contribution in [3.63, 3.8) is 0 Å². The number of carbonyl (C=O) groups excluding carboxylic acids is 2. The summed E-state index contributed by atoms with van der Waals surface area (Å²) < 4.78 is 0. The zero-order valence-corrected chi connectivity index (χ0v) is 14.9. The summed E-state index contributed by atoms with van der Waals surface area (Å²) in [7, 11) is 0. The number of Topliss-reactive ketones (excluding diaryl/α,β-unsaturated/α-hetero) is 1. The van der Waals surface area contributed by atoms with Crippen LogP contribution in [0.25, 0.3) is 0 Å². The Morgan fingerprint density at radius 2 is 2.00 bits per heavy atom. The number of rotatable bonds is 4. The van der Waals surface area contributed by atoms with E-state index in [-0.39, 0.29) is 22.8 Å². The summed E-state index contributed by atoms with van der Waals surface area (Å²) in [5, 5.41) is 21.0. The molecule has 1 aliphatic heterocycles. The third kappa shape index (κ3) is 2.93. The van der Waals surface area contributed by atoms with Crippen LogP contribution in [0.1, 0.15) is 25.5 Å². The van der Waals surface area contributed by atoms with Gasteiger partial charge in [-0.25, -0.2) is 0 Å². The second kappa shape index (κ2) is 6.80. The molecule has 0 saturated carbocycles. The fraction of sp³-hybridized carbons (Fsp3) is 0.211. The molecule has 1 aliphatic rings. The lowest BCUT2D eigenvalue weighted by molar-refractivity contribution is -0.119. The van der Waals surface area contributed by atoms with Crippen molar-refractivity contribution in [3.8, 4) is 5.75 Å². The normalized spacial score (nSPS) is 17.3. The number of halogens is 1. The number of carbonyl (C=O) groups is 2. The largest absolute Gasteiger partial charge is 0.506 e. The fourth-order valence-corrected chi connectivity index (χ4v) is 3.13. The van der Waals surface area contributed by atoms with Gasteiger partial charge in [-0.15, -0.1) is 0 Å². The van der Waals surface area contributed by atoms with Gasteiger partial charge in [0.25, 0.3) is 5.91 Å². The summed E-state index contributed by atoms with van der Waals surface area (Å²) in [5.74, 6) is -2.37. The summed E-state index contributed by atoms with van der Waals surface area (Å²) in [4.78, 5) is 30.7. The Bertz CT molecular complexity index is 909. The molecule has 0 bridgehead atoms. The molecule has 1 amide bonds. The van der Waals surface area contributed by atoms with Crippen LogP contribution in [0.4, 0.5) is 5.69 Å². The number of amides is 1. The quantitative estimate of drug-likeness (QED) is 0.856. The van der Waals surface area contributed by atoms with Crippen LogP contribution in [0.2, 0.25) is 5.02 Å². The van der Waals surface area contributed by atoms with Crippen molar-refractivity contribution < 1.29 is 19.8 Å². The lowest BCUT2D eigenvalue weighted by atomic mass is 9.92. The molecule has 26 heavy (non-hydrogen) atoms. The van der Waals surface area contributed by atoms with Gasteiger partial charge in [-0.05, 0) is 29.8 Å². The van der Waals surface area contributed by atoms with Gasteiger partial charge in [0.1, 0.15) is 5.75 Å². The molecule has 1 unspecified atom stereocenters. The van der Waals surface area contributed by atoms with Gasteiger partial charge in [0, 0.05) is 23.3 Å². The van der Waals surface area contributed by atoms with Crippen molar-refractivity contribution in [2.24, 2.45) is 5.92 Å². The van der Waals surface area contributed by atoms with E-state index < -0.39 is 23.6 Å². The third-order valence-corrected chi connectivity index (χ3v) is 4.43. The van der Waals surface area contributed by atoms with Gasteiger partial charge >= 0.3 is 0 Å². The number of phenolic OH excluding ortho intramolecular Hbond substituents is 1. The van der Waals surface area contributed by atoms with Crippen LogP contribution in [-0.4, -0.2) is 26.9 Å². The van der Waals surface area contributed by atoms with Crippen molar-refractivity contribution in [1.29, 1.82) is 0 Å². The van der Waals surface area contributed by atoms with E-state index in [1.807, 2.05) is 0 Å². The van der Waals surface area contributed by atoms with Crippen molar-refractivity contribution in [2.45, 2.75) is 19.9 Å². The molecular weight excluding hydrogens is 356 g/mol. The van der Waals surface area contributed by atoms with E-state index in [4.69, 9.17) is 11.6 Å². The number of hydrogen-bond donors (Lipinski definition) is 2. The highest BCUT2D eigenvalue weighted by Crippen LogP contribution is 2.44. The average Bonchev–Trinajstić information content (AvgIpc) is 2.88. The molecule has 1 aromatic heterocycles. The molecule has 0 spiro atoms. The van der Waals surface area contributed by atoms with Gasteiger partial charge in [0.05, 0.1) is 17.3 Å². The SMILES string of the molecule is CC(C)C(=O)C1=C(O)C(=O)N(c2cc(Cl)ccc2O)C1c1cccnc1. The molecule has 2 heterocycles. The third-order valence-electron chi connectivity index (χ3n) is 4.20. The van der Waals surface area contributed by atoms with E-state index in [0.717, 1.165) is 0 Å². The minimum atomic E-state index is -0.907. The van der Waals surface area contributed by atoms with E-state index in [1.54, 1.807) is 32.2 Å². The van der Waals surface area contributed by atoms with E-state index >= 15 is 0 Å². The number of benzene rings is 1. The maximum Gasteiger partial charge on any atom is 0.294 e. The zero-order valence-electron chi connectivity index (χ0n) is 14.2. The summed E-state index contributed by atoms with van der Waals surface area (Å²) in [6.45, 7) is 3.37. The van der Waals surface area contributed by atoms with Crippen LogP contribution in [0.3, 0.4) is 0 Å². The van der Waals surface area contributed by atoms with Crippen molar-refractivity contribution >= 4 is 29.0 Å². The van der Waals surface area contributed by atoms with Crippen LogP contribution in [0, 0.1) is 5.92 Å². The number of hydrogen-bond acceptors (Lipinski definition) is 5. The van der Waals surface area contributed by atoms with Crippen molar-refractivity contribution in [3.05, 3.63) is 64.6 Å². The second-order valence-corrected chi connectivity index (χ2v) is 6.71. The van der Waals surface area contributed by atoms with E-state index in [0.29, 0.717) is 10.6 Å². The predicted octanol–water partition coefficient (Wildman–Crippen LogP) is 3.57. The molecule has 3 rings (SSSR count). The van der Waals surface area contributed by atoms with Crippen LogP contribution >= 0.6 is 11.6 Å². The van der Waals surface area contributed by atoms with Gasteiger partial charge < -0.3 is 10.2 Å². The summed E-state index contributed by atoms with van der Waals surface area (Å²) in [6.07, 6.45) is 3.08. The van der Waals surface area contributed by atoms with Crippen molar-refractivity contribution in [2.75, 3.05) is 4.90 Å². The Morgan fingerprint density at radius 3 is 2.62 bits per heavy atom. The number of ketones is 1. The maximum absolute atomic E-state index is 12.8. The van der Waals surface area contributed by atoms with Gasteiger partial charge in [-0.1, -0.05) is 31.5 Å². The molecule has 0 aliphatic carbocycles. The number of nitrogens with zero attached hydrogens (tertiary/aromatic N) is 2. The van der Waals surface area contributed by atoms with Gasteiger partial charge in [0.15, 0.2) is 11.5 Å². The Hall–Kier alpha value is -2.86. The molecule has 2 aromatic rings. The number of anilines is 1. The molecule has 1 aromatic carbocycles. The van der Waals surface area contributed by atoms with Crippen molar-refractivity contribution in [1.82, 2.24) is 4.98 Å². The first-order chi connectivity index (χ1) is 12.3. The van der Waals surface area contributed by atoms with Gasteiger partial charge in [-0.2, -0.15) is 0 Å². The molecule has 0 fully saturated rings. The van der Waals surface area contributed by atoms with E-state index in [9.17, 15) is 19.8 Å².